The van der Waals surface area contributed by atoms with Crippen LogP contribution in [0, 0.1) is 12.3 Å². The first-order chi connectivity index (χ1) is 5.30. The van der Waals surface area contributed by atoms with Crippen LogP contribution in [0.25, 0.3) is 0 Å². The van der Waals surface area contributed by atoms with E-state index in [-0.39, 0.29) is 11.8 Å². The Morgan fingerprint density at radius 3 is 2.73 bits per heavy atom. The Bertz CT molecular complexity index is 126. The van der Waals surface area contributed by atoms with Gasteiger partial charge in [-0.05, 0) is 19.3 Å². The first-order valence-electron chi connectivity index (χ1n) is 4.43. The molecule has 1 unspecified atom stereocenters. The molecule has 1 amide bonds. The number of amides is 1. The van der Waals surface area contributed by atoms with Gasteiger partial charge in [0.1, 0.15) is 0 Å². The van der Waals surface area contributed by atoms with Crippen molar-refractivity contribution in [1.82, 2.24) is 0 Å². The van der Waals surface area contributed by atoms with Gasteiger partial charge in [0.05, 0.1) is 0 Å². The molecule has 11 heavy (non-hydrogen) atoms. The Kier molecular flexibility index (Phi) is 3.40. The second-order valence-corrected chi connectivity index (χ2v) is 3.24. The second-order valence-electron chi connectivity index (χ2n) is 3.24. The zero-order valence-corrected chi connectivity index (χ0v) is 6.88. The molecule has 2 N–H and O–H groups in total. The first-order valence-corrected chi connectivity index (χ1v) is 4.43. The standard InChI is InChI=1S/C9H16NO/c10-9(11)8-6-4-2-1-3-5-7-8/h6,8H,1-5,7H2,(H2,10,11). The number of hydrogen-bond acceptors (Lipinski definition) is 1. The zero-order chi connectivity index (χ0) is 8.10. The van der Waals surface area contributed by atoms with Gasteiger partial charge in [-0.3, -0.25) is 4.79 Å². The van der Waals surface area contributed by atoms with Crippen molar-refractivity contribution in [2.75, 3.05) is 0 Å². The van der Waals surface area contributed by atoms with E-state index in [9.17, 15) is 4.79 Å². The molecule has 0 heterocycles. The molecule has 0 aromatic carbocycles. The van der Waals surface area contributed by atoms with Crippen molar-refractivity contribution in [1.29, 1.82) is 0 Å². The van der Waals surface area contributed by atoms with Crippen LogP contribution in [0.4, 0.5) is 0 Å². The molecule has 0 aliphatic heterocycles. The molecule has 1 radical (unpaired) electrons. The van der Waals surface area contributed by atoms with Crippen LogP contribution in [0.1, 0.15) is 38.5 Å². The highest BCUT2D eigenvalue weighted by atomic mass is 16.1. The molecule has 0 saturated heterocycles. The number of carbonyl (C=O) groups is 1. The lowest BCUT2D eigenvalue weighted by Gasteiger charge is -2.15. The maximum atomic E-state index is 10.8. The Hall–Kier alpha value is -0.530. The molecule has 2 nitrogen and oxygen atoms in total. The van der Waals surface area contributed by atoms with Crippen LogP contribution < -0.4 is 5.73 Å². The largest absolute Gasteiger partial charge is 0.369 e. The van der Waals surface area contributed by atoms with E-state index in [1.807, 2.05) is 0 Å². The molecule has 2 heteroatoms. The maximum Gasteiger partial charge on any atom is 0.220 e. The van der Waals surface area contributed by atoms with E-state index in [2.05, 4.69) is 6.42 Å². The fourth-order valence-corrected chi connectivity index (χ4v) is 1.56. The summed E-state index contributed by atoms with van der Waals surface area (Å²) in [4.78, 5) is 10.8. The summed E-state index contributed by atoms with van der Waals surface area (Å²) in [5, 5.41) is 0. The van der Waals surface area contributed by atoms with Crippen LogP contribution in [-0.4, -0.2) is 5.91 Å². The van der Waals surface area contributed by atoms with Crippen LogP contribution in [0.5, 0.6) is 0 Å². The lowest BCUT2D eigenvalue weighted by atomic mass is 9.91. The summed E-state index contributed by atoms with van der Waals surface area (Å²) in [6.07, 6.45) is 9.07. The van der Waals surface area contributed by atoms with E-state index in [0.717, 1.165) is 19.3 Å². The van der Waals surface area contributed by atoms with Gasteiger partial charge in [-0.1, -0.05) is 25.7 Å². The SMILES string of the molecule is NC(=O)C1[CH]CCCCCC1. The van der Waals surface area contributed by atoms with Crippen LogP contribution in [0.3, 0.4) is 0 Å². The minimum Gasteiger partial charge on any atom is -0.369 e. The van der Waals surface area contributed by atoms with E-state index in [4.69, 9.17) is 5.73 Å². The first kappa shape index (κ1) is 8.57. The van der Waals surface area contributed by atoms with Gasteiger partial charge >= 0.3 is 0 Å². The molecule has 0 aromatic rings. The fourth-order valence-electron chi connectivity index (χ4n) is 1.56. The van der Waals surface area contributed by atoms with Crippen LogP contribution >= 0.6 is 0 Å². The van der Waals surface area contributed by atoms with E-state index >= 15 is 0 Å². The third kappa shape index (κ3) is 2.91. The van der Waals surface area contributed by atoms with Crippen LogP contribution in [0.15, 0.2) is 0 Å². The summed E-state index contributed by atoms with van der Waals surface area (Å²) in [6, 6.07) is 0. The predicted octanol–water partition coefficient (Wildman–Crippen LogP) is 1.65. The third-order valence-corrected chi connectivity index (χ3v) is 2.29. The smallest absolute Gasteiger partial charge is 0.220 e. The predicted molar refractivity (Wildman–Crippen MR) is 44.7 cm³/mol. The number of nitrogens with two attached hydrogens (primary N) is 1. The molecule has 1 saturated carbocycles. The van der Waals surface area contributed by atoms with E-state index in [0.29, 0.717) is 0 Å². The summed E-state index contributed by atoms with van der Waals surface area (Å²) in [5.41, 5.74) is 5.22. The molecule has 0 spiro atoms. The molecule has 0 aromatic heterocycles. The Balaban J connectivity index is 2.32. The van der Waals surface area contributed by atoms with Gasteiger partial charge in [0.15, 0.2) is 0 Å². The highest BCUT2D eigenvalue weighted by Gasteiger charge is 2.15. The van der Waals surface area contributed by atoms with Crippen molar-refractivity contribution in [3.8, 4) is 0 Å². The van der Waals surface area contributed by atoms with Gasteiger partial charge in [0, 0.05) is 5.92 Å². The topological polar surface area (TPSA) is 43.1 Å². The van der Waals surface area contributed by atoms with Crippen LogP contribution in [-0.2, 0) is 4.79 Å². The summed E-state index contributed by atoms with van der Waals surface area (Å²) < 4.78 is 0. The van der Waals surface area contributed by atoms with Crippen molar-refractivity contribution in [2.45, 2.75) is 38.5 Å². The molecule has 1 rings (SSSR count). The Morgan fingerprint density at radius 2 is 2.00 bits per heavy atom. The molecule has 1 fully saturated rings. The normalized spacial score (nSPS) is 22.2. The average molecular weight is 154 g/mol. The molecular formula is C9H16NO. The number of carbonyl (C=O) groups excluding carboxylic acids is 1. The third-order valence-electron chi connectivity index (χ3n) is 2.29. The quantitative estimate of drug-likeness (QED) is 0.613. The number of primary amides is 1. The van der Waals surface area contributed by atoms with Gasteiger partial charge in [0.2, 0.25) is 5.91 Å². The monoisotopic (exact) mass is 154 g/mol. The van der Waals surface area contributed by atoms with Crippen LogP contribution in [0.2, 0.25) is 0 Å². The van der Waals surface area contributed by atoms with Gasteiger partial charge in [-0.15, -0.1) is 0 Å². The van der Waals surface area contributed by atoms with E-state index in [1.54, 1.807) is 0 Å². The molecular weight excluding hydrogens is 138 g/mol. The van der Waals surface area contributed by atoms with E-state index < -0.39 is 0 Å². The molecule has 1 aliphatic rings. The summed E-state index contributed by atoms with van der Waals surface area (Å²) in [5.74, 6) is -0.0952. The minimum atomic E-state index is -0.146. The fraction of sp³-hybridized carbons (Fsp3) is 0.778. The molecule has 63 valence electrons. The Labute approximate surface area is 68.2 Å². The highest BCUT2D eigenvalue weighted by molar-refractivity contribution is 5.77. The average Bonchev–Trinajstić information content (AvgIpc) is 1.84. The molecule has 1 atom stereocenters. The van der Waals surface area contributed by atoms with Gasteiger partial charge in [-0.2, -0.15) is 0 Å². The molecule has 1 aliphatic carbocycles. The maximum absolute atomic E-state index is 10.8. The molecule has 0 bridgehead atoms. The Morgan fingerprint density at radius 1 is 1.27 bits per heavy atom. The van der Waals surface area contributed by atoms with Gasteiger partial charge in [-0.25, -0.2) is 0 Å². The van der Waals surface area contributed by atoms with Gasteiger partial charge in [0.25, 0.3) is 0 Å². The summed E-state index contributed by atoms with van der Waals surface area (Å²) in [6.45, 7) is 0. The lowest BCUT2D eigenvalue weighted by molar-refractivity contribution is -0.121. The van der Waals surface area contributed by atoms with Crippen molar-refractivity contribution in [2.24, 2.45) is 11.7 Å². The number of rotatable bonds is 1. The lowest BCUT2D eigenvalue weighted by Crippen LogP contribution is -2.24. The van der Waals surface area contributed by atoms with Crippen molar-refractivity contribution < 1.29 is 4.79 Å². The van der Waals surface area contributed by atoms with Crippen molar-refractivity contribution in [3.05, 3.63) is 6.42 Å². The van der Waals surface area contributed by atoms with Gasteiger partial charge < -0.3 is 5.73 Å². The van der Waals surface area contributed by atoms with Crippen molar-refractivity contribution in [3.63, 3.8) is 0 Å². The number of hydrogen-bond donors (Lipinski definition) is 1. The van der Waals surface area contributed by atoms with Crippen molar-refractivity contribution >= 4 is 5.91 Å². The zero-order valence-electron chi connectivity index (χ0n) is 6.88. The second kappa shape index (κ2) is 4.37. The summed E-state index contributed by atoms with van der Waals surface area (Å²) in [7, 11) is 0. The minimum absolute atomic E-state index is 0.0512. The van der Waals surface area contributed by atoms with E-state index in [1.165, 1.54) is 19.3 Å². The summed E-state index contributed by atoms with van der Waals surface area (Å²) >= 11 is 0. The highest BCUT2D eigenvalue weighted by Crippen LogP contribution is 2.20.